The van der Waals surface area contributed by atoms with Gasteiger partial charge in [0.1, 0.15) is 12.4 Å². The van der Waals surface area contributed by atoms with E-state index in [2.05, 4.69) is 9.97 Å². The molecule has 0 saturated carbocycles. The molecule has 0 aliphatic rings. The number of ketones is 1. The van der Waals surface area contributed by atoms with Crippen LogP contribution < -0.4 is 4.74 Å². The van der Waals surface area contributed by atoms with Crippen molar-refractivity contribution in [3.8, 4) is 16.9 Å². The molecule has 0 spiro atoms. The van der Waals surface area contributed by atoms with Gasteiger partial charge in [-0.1, -0.05) is 36.4 Å². The first-order chi connectivity index (χ1) is 14.7. The van der Waals surface area contributed by atoms with Gasteiger partial charge < -0.3 is 4.74 Å². The summed E-state index contributed by atoms with van der Waals surface area (Å²) >= 11 is 0. The molecule has 0 fully saturated rings. The smallest absolute Gasteiger partial charge is 0.171 e. The van der Waals surface area contributed by atoms with E-state index < -0.39 is 0 Å². The maximum atomic E-state index is 13.3. The van der Waals surface area contributed by atoms with Crippen LogP contribution in [0.3, 0.4) is 0 Å². The lowest BCUT2D eigenvalue weighted by Gasteiger charge is -2.14. The molecule has 0 N–H and O–H groups in total. The molecule has 4 heteroatoms. The summed E-state index contributed by atoms with van der Waals surface area (Å²) in [5.74, 6) is 0.591. The fourth-order valence-electron chi connectivity index (χ4n) is 3.28. The van der Waals surface area contributed by atoms with Crippen molar-refractivity contribution in [1.29, 1.82) is 0 Å². The van der Waals surface area contributed by atoms with E-state index in [1.807, 2.05) is 73.7 Å². The molecule has 0 saturated heterocycles. The van der Waals surface area contributed by atoms with Gasteiger partial charge in [0.2, 0.25) is 0 Å². The average molecular weight is 394 g/mol. The highest BCUT2D eigenvalue weighted by Crippen LogP contribution is 2.28. The van der Waals surface area contributed by atoms with Crippen molar-refractivity contribution in [3.63, 3.8) is 0 Å². The van der Waals surface area contributed by atoms with Gasteiger partial charge in [0.15, 0.2) is 5.78 Å². The molecule has 148 valence electrons. The van der Waals surface area contributed by atoms with Gasteiger partial charge in [-0.3, -0.25) is 14.8 Å². The first kappa shape index (κ1) is 19.5. The van der Waals surface area contributed by atoms with Gasteiger partial charge in [0.05, 0.1) is 5.56 Å². The predicted molar refractivity (Wildman–Crippen MR) is 117 cm³/mol. The van der Waals surface area contributed by atoms with E-state index in [0.29, 0.717) is 17.9 Å². The minimum absolute atomic E-state index is 0.00469. The largest absolute Gasteiger partial charge is 0.488 e. The number of rotatable bonds is 7. The molecule has 0 aliphatic carbocycles. The highest BCUT2D eigenvalue weighted by molar-refractivity contribution is 6.01. The maximum Gasteiger partial charge on any atom is 0.171 e. The van der Waals surface area contributed by atoms with Gasteiger partial charge in [0.25, 0.3) is 0 Å². The summed E-state index contributed by atoms with van der Waals surface area (Å²) in [6.45, 7) is 2.39. The normalized spacial score (nSPS) is 10.6. The van der Waals surface area contributed by atoms with E-state index in [0.717, 1.165) is 27.8 Å². The van der Waals surface area contributed by atoms with Crippen molar-refractivity contribution in [2.45, 2.75) is 20.0 Å². The van der Waals surface area contributed by atoms with E-state index in [1.54, 1.807) is 24.8 Å². The second-order valence-electron chi connectivity index (χ2n) is 7.12. The lowest BCUT2D eigenvalue weighted by Crippen LogP contribution is -2.09. The number of carbonyl (C=O) groups excluding carboxylic acids is 1. The zero-order valence-corrected chi connectivity index (χ0v) is 16.8. The Balaban J connectivity index is 1.66. The van der Waals surface area contributed by atoms with Crippen LogP contribution in [0.15, 0.2) is 91.5 Å². The summed E-state index contributed by atoms with van der Waals surface area (Å²) in [7, 11) is 0. The Kier molecular flexibility index (Phi) is 5.95. The van der Waals surface area contributed by atoms with Gasteiger partial charge in [-0.2, -0.15) is 0 Å². The van der Waals surface area contributed by atoms with Crippen LogP contribution in [-0.4, -0.2) is 15.8 Å². The topological polar surface area (TPSA) is 52.1 Å². The van der Waals surface area contributed by atoms with Crippen molar-refractivity contribution in [2.24, 2.45) is 0 Å². The third-order valence-corrected chi connectivity index (χ3v) is 5.03. The molecule has 0 bridgehead atoms. The Bertz CT molecular complexity index is 1140. The van der Waals surface area contributed by atoms with Crippen LogP contribution in [0, 0.1) is 6.92 Å². The van der Waals surface area contributed by atoms with Crippen molar-refractivity contribution >= 4 is 5.78 Å². The number of aromatic nitrogens is 2. The number of Topliss-reactive ketones (excluding diaryl/α,β-unsaturated/α-hetero) is 1. The first-order valence-corrected chi connectivity index (χ1v) is 9.84. The van der Waals surface area contributed by atoms with Crippen molar-refractivity contribution in [1.82, 2.24) is 9.97 Å². The molecule has 0 unspecified atom stereocenters. The number of hydrogen-bond acceptors (Lipinski definition) is 4. The quantitative estimate of drug-likeness (QED) is 0.391. The number of aryl methyl sites for hydroxylation is 1. The van der Waals surface area contributed by atoms with E-state index >= 15 is 0 Å². The Morgan fingerprint density at radius 2 is 1.63 bits per heavy atom. The number of benzene rings is 2. The molecule has 0 radical (unpaired) electrons. The Labute approximate surface area is 176 Å². The van der Waals surface area contributed by atoms with Crippen molar-refractivity contribution in [2.75, 3.05) is 0 Å². The number of nitrogens with zero attached hydrogens (tertiary/aromatic N) is 2. The van der Waals surface area contributed by atoms with Gasteiger partial charge in [-0.05, 0) is 65.1 Å². The molecule has 30 heavy (non-hydrogen) atoms. The summed E-state index contributed by atoms with van der Waals surface area (Å²) in [5, 5.41) is 0. The molecule has 0 amide bonds. The van der Waals surface area contributed by atoms with Gasteiger partial charge in [-0.15, -0.1) is 0 Å². The zero-order chi connectivity index (χ0) is 20.8. The SMILES string of the molecule is Cc1ccncc1CC(=O)c1cc(-c2ccncc2)ccc1OCc1ccccc1. The summed E-state index contributed by atoms with van der Waals surface area (Å²) in [4.78, 5) is 21.5. The molecule has 4 aromatic rings. The molecule has 0 atom stereocenters. The van der Waals surface area contributed by atoms with E-state index in [1.165, 1.54) is 0 Å². The number of carbonyl (C=O) groups is 1. The van der Waals surface area contributed by atoms with Crippen LogP contribution in [0.4, 0.5) is 0 Å². The minimum atomic E-state index is 0.00469. The Morgan fingerprint density at radius 3 is 2.40 bits per heavy atom. The van der Waals surface area contributed by atoms with Gasteiger partial charge in [0, 0.05) is 31.2 Å². The minimum Gasteiger partial charge on any atom is -0.488 e. The summed E-state index contributed by atoms with van der Waals surface area (Å²) in [5.41, 5.74) is 5.56. The van der Waals surface area contributed by atoms with Crippen LogP contribution in [0.5, 0.6) is 5.75 Å². The summed E-state index contributed by atoms with van der Waals surface area (Å²) < 4.78 is 6.05. The van der Waals surface area contributed by atoms with Crippen LogP contribution in [-0.2, 0) is 13.0 Å². The molecule has 0 aliphatic heterocycles. The highest BCUT2D eigenvalue weighted by atomic mass is 16.5. The average Bonchev–Trinajstić information content (AvgIpc) is 2.80. The maximum absolute atomic E-state index is 13.3. The monoisotopic (exact) mass is 394 g/mol. The van der Waals surface area contributed by atoms with Crippen molar-refractivity contribution in [3.05, 3.63) is 114 Å². The number of pyridine rings is 2. The first-order valence-electron chi connectivity index (χ1n) is 9.84. The van der Waals surface area contributed by atoms with Gasteiger partial charge in [-0.25, -0.2) is 0 Å². The fraction of sp³-hybridized carbons (Fsp3) is 0.115. The van der Waals surface area contributed by atoms with Crippen molar-refractivity contribution < 1.29 is 9.53 Å². The molecule has 4 rings (SSSR count). The van der Waals surface area contributed by atoms with Crippen LogP contribution in [0.2, 0.25) is 0 Å². The second kappa shape index (κ2) is 9.14. The highest BCUT2D eigenvalue weighted by Gasteiger charge is 2.16. The Hall–Kier alpha value is -3.79. The molecule has 4 nitrogen and oxygen atoms in total. The standard InChI is InChI=1S/C26H22N2O2/c1-19-9-12-28-17-23(19)16-25(29)24-15-22(21-10-13-27-14-11-21)7-8-26(24)30-18-20-5-3-2-4-6-20/h2-15,17H,16,18H2,1H3. The second-order valence-corrected chi connectivity index (χ2v) is 7.12. The molecule has 2 heterocycles. The molecular formula is C26H22N2O2. The van der Waals surface area contributed by atoms with Crippen LogP contribution >= 0.6 is 0 Å². The summed E-state index contributed by atoms with van der Waals surface area (Å²) in [6.07, 6.45) is 7.26. The Morgan fingerprint density at radius 1 is 0.867 bits per heavy atom. The molecule has 2 aromatic carbocycles. The van der Waals surface area contributed by atoms with Crippen LogP contribution in [0.1, 0.15) is 27.0 Å². The lowest BCUT2D eigenvalue weighted by atomic mass is 9.97. The van der Waals surface area contributed by atoms with E-state index in [-0.39, 0.29) is 12.2 Å². The van der Waals surface area contributed by atoms with Crippen LogP contribution in [0.25, 0.3) is 11.1 Å². The lowest BCUT2D eigenvalue weighted by molar-refractivity contribution is 0.0988. The molecular weight excluding hydrogens is 372 g/mol. The number of ether oxygens (including phenoxy) is 1. The predicted octanol–water partition coefficient (Wildman–Crippen LogP) is 5.46. The van der Waals surface area contributed by atoms with E-state index in [9.17, 15) is 4.79 Å². The third kappa shape index (κ3) is 4.61. The molecule has 2 aromatic heterocycles. The third-order valence-electron chi connectivity index (χ3n) is 5.03. The van der Waals surface area contributed by atoms with Gasteiger partial charge >= 0.3 is 0 Å². The fourth-order valence-corrected chi connectivity index (χ4v) is 3.28. The summed E-state index contributed by atoms with van der Waals surface area (Å²) in [6, 6.07) is 21.5. The zero-order valence-electron chi connectivity index (χ0n) is 16.8. The number of hydrogen-bond donors (Lipinski definition) is 0. The van der Waals surface area contributed by atoms with E-state index in [4.69, 9.17) is 4.74 Å².